The van der Waals surface area contributed by atoms with Crippen molar-refractivity contribution in [2.45, 2.75) is 25.8 Å². The van der Waals surface area contributed by atoms with Crippen LogP contribution in [0.4, 0.5) is 11.4 Å². The van der Waals surface area contributed by atoms with E-state index in [0.29, 0.717) is 18.5 Å². The molecule has 1 aliphatic rings. The first kappa shape index (κ1) is 12.4. The molecule has 0 aliphatic carbocycles. The molecule has 0 saturated carbocycles. The van der Waals surface area contributed by atoms with Crippen molar-refractivity contribution in [2.24, 2.45) is 0 Å². The highest BCUT2D eigenvalue weighted by Crippen LogP contribution is 2.20. The topological polar surface area (TPSA) is 75.4 Å². The minimum absolute atomic E-state index is 0.123. The van der Waals surface area contributed by atoms with Crippen LogP contribution in [0.25, 0.3) is 0 Å². The summed E-state index contributed by atoms with van der Waals surface area (Å²) in [6.45, 7) is 1.94. The largest absolute Gasteiger partial charge is 0.399 e. The van der Waals surface area contributed by atoms with Gasteiger partial charge in [0.1, 0.15) is 6.04 Å². The number of likely N-dealkylation sites (N-methyl/N-ethyl adjacent to an activating group) is 1. The molecular weight excluding hydrogens is 230 g/mol. The minimum Gasteiger partial charge on any atom is -0.399 e. The maximum absolute atomic E-state index is 11.9. The van der Waals surface area contributed by atoms with E-state index in [1.54, 1.807) is 6.07 Å². The fraction of sp³-hybridized carbons (Fsp3) is 0.385. The molecule has 2 rings (SSSR count). The van der Waals surface area contributed by atoms with Crippen LogP contribution >= 0.6 is 0 Å². The number of carbonyl (C=O) groups is 2. The molecule has 1 fully saturated rings. The van der Waals surface area contributed by atoms with Crippen LogP contribution in [0.1, 0.15) is 18.4 Å². The van der Waals surface area contributed by atoms with E-state index < -0.39 is 0 Å². The molecule has 2 amide bonds. The van der Waals surface area contributed by atoms with E-state index in [1.165, 1.54) is 11.9 Å². The highest BCUT2D eigenvalue weighted by Gasteiger charge is 2.31. The first-order chi connectivity index (χ1) is 8.47. The maximum atomic E-state index is 11.9. The Morgan fingerprint density at radius 1 is 1.33 bits per heavy atom. The normalized spacial score (nSPS) is 20.1. The quantitative estimate of drug-likeness (QED) is 0.607. The van der Waals surface area contributed by atoms with Gasteiger partial charge >= 0.3 is 0 Å². The van der Waals surface area contributed by atoms with Crippen molar-refractivity contribution in [2.75, 3.05) is 18.1 Å². The molecular formula is C13H17N3O2. The second-order valence-corrected chi connectivity index (χ2v) is 4.66. The number of aryl methyl sites for hydroxylation is 1. The zero-order valence-corrected chi connectivity index (χ0v) is 10.6. The van der Waals surface area contributed by atoms with Gasteiger partial charge < -0.3 is 11.1 Å². The Morgan fingerprint density at radius 2 is 2.06 bits per heavy atom. The summed E-state index contributed by atoms with van der Waals surface area (Å²) < 4.78 is 0. The Bertz CT molecular complexity index is 479. The van der Waals surface area contributed by atoms with Crippen LogP contribution in [0.5, 0.6) is 0 Å². The number of nitrogens with zero attached hydrogens (tertiary/aromatic N) is 1. The third-order valence-corrected chi connectivity index (χ3v) is 3.09. The molecule has 1 heterocycles. The predicted octanol–water partition coefficient (Wildman–Crippen LogP) is 1.14. The van der Waals surface area contributed by atoms with Crippen molar-refractivity contribution in [3.63, 3.8) is 0 Å². The van der Waals surface area contributed by atoms with E-state index in [2.05, 4.69) is 5.32 Å². The smallest absolute Gasteiger partial charge is 0.251 e. The Hall–Kier alpha value is -2.04. The van der Waals surface area contributed by atoms with Crippen molar-refractivity contribution < 1.29 is 9.59 Å². The number of amides is 2. The van der Waals surface area contributed by atoms with Crippen molar-refractivity contribution in [3.05, 3.63) is 23.8 Å². The van der Waals surface area contributed by atoms with Crippen molar-refractivity contribution >= 4 is 23.2 Å². The fourth-order valence-electron chi connectivity index (χ4n) is 2.15. The summed E-state index contributed by atoms with van der Waals surface area (Å²) >= 11 is 0. The third-order valence-electron chi connectivity index (χ3n) is 3.09. The number of imide groups is 1. The Balaban J connectivity index is 2.14. The van der Waals surface area contributed by atoms with Gasteiger partial charge in [-0.05, 0) is 37.1 Å². The molecule has 0 aromatic heterocycles. The standard InChI is InChI=1S/C13H17N3O2/c1-8-5-9(14)7-10(6-8)15-11-3-4-12(17)16(2)13(11)18/h5-7,11,15H,3-4,14H2,1-2H3. The SMILES string of the molecule is Cc1cc(N)cc(NC2CCC(=O)N(C)C2=O)c1. The number of carbonyl (C=O) groups excluding carboxylic acids is 2. The van der Waals surface area contributed by atoms with E-state index in [-0.39, 0.29) is 17.9 Å². The predicted molar refractivity (Wildman–Crippen MR) is 70.0 cm³/mol. The minimum atomic E-state index is -0.353. The molecule has 1 aliphatic heterocycles. The van der Waals surface area contributed by atoms with Gasteiger partial charge in [0.25, 0.3) is 5.91 Å². The molecule has 5 nitrogen and oxygen atoms in total. The lowest BCUT2D eigenvalue weighted by molar-refractivity contribution is -0.146. The van der Waals surface area contributed by atoms with Crippen molar-refractivity contribution in [3.8, 4) is 0 Å². The number of piperidine rings is 1. The number of nitrogens with two attached hydrogens (primary N) is 1. The number of nitrogen functional groups attached to an aromatic ring is 1. The number of rotatable bonds is 2. The summed E-state index contributed by atoms with van der Waals surface area (Å²) in [5.41, 5.74) is 8.26. The second-order valence-electron chi connectivity index (χ2n) is 4.66. The number of hydrogen-bond acceptors (Lipinski definition) is 4. The van der Waals surface area contributed by atoms with Crippen molar-refractivity contribution in [1.29, 1.82) is 0 Å². The summed E-state index contributed by atoms with van der Waals surface area (Å²) in [4.78, 5) is 24.5. The Labute approximate surface area is 106 Å². The lowest BCUT2D eigenvalue weighted by Gasteiger charge is -2.29. The molecule has 5 heteroatoms. The van der Waals surface area contributed by atoms with Crippen LogP contribution in [-0.4, -0.2) is 29.8 Å². The Kier molecular flexibility index (Phi) is 3.23. The molecule has 1 aromatic carbocycles. The molecule has 0 spiro atoms. The number of benzene rings is 1. The van der Waals surface area contributed by atoms with Gasteiger partial charge in [-0.3, -0.25) is 14.5 Å². The lowest BCUT2D eigenvalue weighted by atomic mass is 10.0. The van der Waals surface area contributed by atoms with E-state index in [9.17, 15) is 9.59 Å². The van der Waals surface area contributed by atoms with Crippen LogP contribution in [0.3, 0.4) is 0 Å². The van der Waals surface area contributed by atoms with Crippen molar-refractivity contribution in [1.82, 2.24) is 4.90 Å². The molecule has 0 bridgehead atoms. The van der Waals surface area contributed by atoms with Gasteiger partial charge in [-0.1, -0.05) is 0 Å². The van der Waals surface area contributed by atoms with Gasteiger partial charge in [-0.25, -0.2) is 0 Å². The van der Waals surface area contributed by atoms with Crippen LogP contribution < -0.4 is 11.1 Å². The number of hydrogen-bond donors (Lipinski definition) is 2. The van der Waals surface area contributed by atoms with Crippen LogP contribution in [0, 0.1) is 6.92 Å². The maximum Gasteiger partial charge on any atom is 0.251 e. The third kappa shape index (κ3) is 2.45. The zero-order valence-electron chi connectivity index (χ0n) is 10.6. The number of nitrogens with one attached hydrogen (secondary N) is 1. The van der Waals surface area contributed by atoms with Gasteiger partial charge in [0.2, 0.25) is 5.91 Å². The zero-order chi connectivity index (χ0) is 13.3. The first-order valence-electron chi connectivity index (χ1n) is 5.91. The summed E-state index contributed by atoms with van der Waals surface area (Å²) in [7, 11) is 1.52. The molecule has 0 radical (unpaired) electrons. The first-order valence-corrected chi connectivity index (χ1v) is 5.91. The van der Waals surface area contributed by atoms with Crippen LogP contribution in [0.2, 0.25) is 0 Å². The highest BCUT2D eigenvalue weighted by atomic mass is 16.2. The lowest BCUT2D eigenvalue weighted by Crippen LogP contribution is -2.48. The average Bonchev–Trinajstić information content (AvgIpc) is 2.29. The van der Waals surface area contributed by atoms with Gasteiger partial charge in [-0.15, -0.1) is 0 Å². The van der Waals surface area contributed by atoms with E-state index in [1.807, 2.05) is 19.1 Å². The highest BCUT2D eigenvalue weighted by molar-refractivity contribution is 6.01. The van der Waals surface area contributed by atoms with Crippen LogP contribution in [-0.2, 0) is 9.59 Å². The van der Waals surface area contributed by atoms with Crippen LogP contribution in [0.15, 0.2) is 18.2 Å². The van der Waals surface area contributed by atoms with Gasteiger partial charge in [0, 0.05) is 24.8 Å². The summed E-state index contributed by atoms with van der Waals surface area (Å²) in [6.07, 6.45) is 0.914. The summed E-state index contributed by atoms with van der Waals surface area (Å²) in [5, 5.41) is 3.14. The molecule has 1 saturated heterocycles. The molecule has 1 aromatic rings. The summed E-state index contributed by atoms with van der Waals surface area (Å²) in [6, 6.07) is 5.23. The molecule has 1 unspecified atom stereocenters. The fourth-order valence-corrected chi connectivity index (χ4v) is 2.15. The van der Waals surface area contributed by atoms with E-state index in [0.717, 1.165) is 11.3 Å². The Morgan fingerprint density at radius 3 is 2.72 bits per heavy atom. The molecule has 18 heavy (non-hydrogen) atoms. The molecule has 96 valence electrons. The molecule has 3 N–H and O–H groups in total. The number of likely N-dealkylation sites (tertiary alicyclic amines) is 1. The van der Waals surface area contributed by atoms with Gasteiger partial charge in [-0.2, -0.15) is 0 Å². The average molecular weight is 247 g/mol. The van der Waals surface area contributed by atoms with Gasteiger partial charge in [0.05, 0.1) is 0 Å². The molecule has 1 atom stereocenters. The monoisotopic (exact) mass is 247 g/mol. The summed E-state index contributed by atoms with van der Waals surface area (Å²) in [5.74, 6) is -0.312. The number of anilines is 2. The van der Waals surface area contributed by atoms with E-state index in [4.69, 9.17) is 5.73 Å². The second kappa shape index (κ2) is 4.68. The van der Waals surface area contributed by atoms with E-state index >= 15 is 0 Å². The van der Waals surface area contributed by atoms with Gasteiger partial charge in [0.15, 0.2) is 0 Å².